The van der Waals surface area contributed by atoms with Gasteiger partial charge in [-0.1, -0.05) is 37.5 Å². The molecule has 0 aliphatic rings. The summed E-state index contributed by atoms with van der Waals surface area (Å²) >= 11 is 0. The molecule has 1 aromatic carbocycles. The van der Waals surface area contributed by atoms with Crippen LogP contribution < -0.4 is 5.32 Å². The molecule has 0 spiro atoms. The predicted molar refractivity (Wildman–Crippen MR) is 97.3 cm³/mol. The van der Waals surface area contributed by atoms with Crippen LogP contribution in [0.3, 0.4) is 0 Å². The maximum absolute atomic E-state index is 12.9. The molecule has 1 rings (SSSR count). The number of nitrogens with one attached hydrogen (secondary N) is 1. The van der Waals surface area contributed by atoms with E-state index in [-0.39, 0.29) is 0 Å². The molecule has 0 saturated carbocycles. The Morgan fingerprint density at radius 2 is 1.72 bits per heavy atom. The molecular weight excluding hydrogens is 327 g/mol. The van der Waals surface area contributed by atoms with E-state index in [2.05, 4.69) is 18.5 Å². The molecule has 0 aliphatic carbocycles. The van der Waals surface area contributed by atoms with Crippen molar-refractivity contribution >= 4 is 17.2 Å². The molecule has 1 aromatic rings. The van der Waals surface area contributed by atoms with E-state index in [0.717, 1.165) is 28.3 Å². The van der Waals surface area contributed by atoms with Crippen molar-refractivity contribution in [3.8, 4) is 0 Å². The topological polar surface area (TPSA) is 29.1 Å². The van der Waals surface area contributed by atoms with Gasteiger partial charge in [0.25, 0.3) is 5.91 Å². The summed E-state index contributed by atoms with van der Waals surface area (Å²) in [6.07, 6.45) is -0.233. The molecule has 0 bridgehead atoms. The Hall–Kier alpha value is -2.56. The van der Waals surface area contributed by atoms with Gasteiger partial charge in [0.05, 0.1) is 5.57 Å². The number of alkyl halides is 3. The first-order valence-electron chi connectivity index (χ1n) is 7.71. The normalized spacial score (nSPS) is 12.8. The molecule has 0 saturated heterocycles. The highest BCUT2D eigenvalue weighted by atomic mass is 19.4. The fourth-order valence-corrected chi connectivity index (χ4v) is 2.51. The molecule has 2 nitrogen and oxygen atoms in total. The Morgan fingerprint density at radius 1 is 1.12 bits per heavy atom. The third-order valence-electron chi connectivity index (χ3n) is 3.85. The van der Waals surface area contributed by atoms with Gasteiger partial charge in [0, 0.05) is 11.3 Å². The minimum absolute atomic E-state index is 0.436. The molecule has 25 heavy (non-hydrogen) atoms. The molecule has 1 N–H and O–H groups in total. The smallest absolute Gasteiger partial charge is 0.322 e. The second kappa shape index (κ2) is 8.01. The number of halogens is 3. The van der Waals surface area contributed by atoms with Crippen LogP contribution in [0.4, 0.5) is 18.9 Å². The average Bonchev–Trinajstić information content (AvgIpc) is 2.51. The summed E-state index contributed by atoms with van der Waals surface area (Å²) in [7, 11) is 0. The fraction of sp³-hybridized carbons (Fsp3) is 0.250. The quantitative estimate of drug-likeness (QED) is 0.521. The van der Waals surface area contributed by atoms with Gasteiger partial charge in [0.15, 0.2) is 0 Å². The van der Waals surface area contributed by atoms with Crippen LogP contribution in [0, 0.1) is 13.8 Å². The first-order valence-corrected chi connectivity index (χ1v) is 7.71. The summed E-state index contributed by atoms with van der Waals surface area (Å²) in [6, 6.07) is 3.59. The Labute approximate surface area is 146 Å². The molecular formula is C20H22F3NO. The van der Waals surface area contributed by atoms with Crippen molar-refractivity contribution in [2.75, 3.05) is 5.32 Å². The second-order valence-electron chi connectivity index (χ2n) is 5.56. The van der Waals surface area contributed by atoms with E-state index in [4.69, 9.17) is 0 Å². The lowest BCUT2D eigenvalue weighted by Crippen LogP contribution is -2.22. The van der Waals surface area contributed by atoms with E-state index >= 15 is 0 Å². The van der Waals surface area contributed by atoms with Crippen molar-refractivity contribution in [2.45, 2.75) is 33.9 Å². The monoisotopic (exact) mass is 349 g/mol. The zero-order valence-corrected chi connectivity index (χ0v) is 14.8. The number of amides is 1. The van der Waals surface area contributed by atoms with Crippen LogP contribution in [0.5, 0.6) is 0 Å². The summed E-state index contributed by atoms with van der Waals surface area (Å²) in [5.41, 5.74) is 2.22. The zero-order chi connectivity index (χ0) is 19.4. The van der Waals surface area contributed by atoms with Crippen molar-refractivity contribution in [3.05, 3.63) is 71.4 Å². The summed E-state index contributed by atoms with van der Waals surface area (Å²) in [6.45, 7) is 13.8. The number of anilines is 1. The standard InChI is InChI=1S/C20H22F3NO/c1-7-15(8-2)16-11-18(13(5)10-12(16)4)24-19(25)14(6)17(9-3)20(21,22)23/h7-11H,1,6H2,2-5H3,(H,24,25)/b15-8+,17-9+. The first kappa shape index (κ1) is 20.5. The van der Waals surface area contributed by atoms with E-state index in [1.807, 2.05) is 26.0 Å². The molecule has 0 atom stereocenters. The summed E-state index contributed by atoms with van der Waals surface area (Å²) in [4.78, 5) is 12.2. The van der Waals surface area contributed by atoms with E-state index in [1.165, 1.54) is 6.92 Å². The first-order chi connectivity index (χ1) is 11.6. The van der Waals surface area contributed by atoms with Gasteiger partial charge in [-0.2, -0.15) is 13.2 Å². The van der Waals surface area contributed by atoms with Crippen molar-refractivity contribution < 1.29 is 18.0 Å². The van der Waals surface area contributed by atoms with Crippen LogP contribution in [0.1, 0.15) is 30.5 Å². The van der Waals surface area contributed by atoms with Crippen molar-refractivity contribution in [1.82, 2.24) is 0 Å². The number of allylic oxidation sites excluding steroid dienone is 4. The number of hydrogen-bond donors (Lipinski definition) is 1. The van der Waals surface area contributed by atoms with Crippen LogP contribution in [-0.2, 0) is 4.79 Å². The van der Waals surface area contributed by atoms with Gasteiger partial charge in [-0.3, -0.25) is 4.79 Å². The highest BCUT2D eigenvalue weighted by Gasteiger charge is 2.36. The predicted octanol–water partition coefficient (Wildman–Crippen LogP) is 5.90. The number of carbonyl (C=O) groups is 1. The highest BCUT2D eigenvalue weighted by Crippen LogP contribution is 2.32. The van der Waals surface area contributed by atoms with Crippen LogP contribution >= 0.6 is 0 Å². The molecule has 0 radical (unpaired) electrons. The van der Waals surface area contributed by atoms with Gasteiger partial charge in [-0.25, -0.2) is 0 Å². The number of carbonyl (C=O) groups excluding carboxylic acids is 1. The van der Waals surface area contributed by atoms with E-state index in [9.17, 15) is 18.0 Å². The Kier molecular flexibility index (Phi) is 6.56. The molecule has 0 heterocycles. The average molecular weight is 349 g/mol. The lowest BCUT2D eigenvalue weighted by molar-refractivity contribution is -0.115. The van der Waals surface area contributed by atoms with Gasteiger partial charge < -0.3 is 5.32 Å². The van der Waals surface area contributed by atoms with Crippen molar-refractivity contribution in [2.24, 2.45) is 0 Å². The maximum atomic E-state index is 12.9. The van der Waals surface area contributed by atoms with E-state index in [0.29, 0.717) is 5.69 Å². The minimum atomic E-state index is -4.63. The molecule has 0 fully saturated rings. The third-order valence-corrected chi connectivity index (χ3v) is 3.85. The van der Waals surface area contributed by atoms with E-state index < -0.39 is 23.2 Å². The number of aryl methyl sites for hydroxylation is 2. The summed E-state index contributed by atoms with van der Waals surface area (Å²) in [5.74, 6) is -0.885. The molecule has 5 heteroatoms. The largest absolute Gasteiger partial charge is 0.416 e. The van der Waals surface area contributed by atoms with Crippen LogP contribution in [0.2, 0.25) is 0 Å². The molecule has 0 aromatic heterocycles. The molecule has 0 unspecified atom stereocenters. The van der Waals surface area contributed by atoms with Gasteiger partial charge in [0.1, 0.15) is 0 Å². The number of hydrogen-bond acceptors (Lipinski definition) is 1. The van der Waals surface area contributed by atoms with Gasteiger partial charge in [-0.15, -0.1) is 0 Å². The second-order valence-corrected chi connectivity index (χ2v) is 5.56. The lowest BCUT2D eigenvalue weighted by Gasteiger charge is -2.17. The molecule has 134 valence electrons. The van der Waals surface area contributed by atoms with Crippen LogP contribution in [-0.4, -0.2) is 12.1 Å². The zero-order valence-electron chi connectivity index (χ0n) is 14.8. The molecule has 1 amide bonds. The van der Waals surface area contributed by atoms with Crippen molar-refractivity contribution in [1.29, 1.82) is 0 Å². The fourth-order valence-electron chi connectivity index (χ4n) is 2.51. The van der Waals surface area contributed by atoms with Gasteiger partial charge in [-0.05, 0) is 56.0 Å². The lowest BCUT2D eigenvalue weighted by atomic mass is 9.96. The van der Waals surface area contributed by atoms with Crippen LogP contribution in [0.15, 0.2) is 54.7 Å². The van der Waals surface area contributed by atoms with Crippen molar-refractivity contribution in [3.63, 3.8) is 0 Å². The highest BCUT2D eigenvalue weighted by molar-refractivity contribution is 6.07. The number of rotatable bonds is 5. The molecule has 0 aliphatic heterocycles. The number of benzene rings is 1. The summed E-state index contributed by atoms with van der Waals surface area (Å²) in [5, 5.41) is 2.53. The van der Waals surface area contributed by atoms with Gasteiger partial charge >= 0.3 is 6.18 Å². The maximum Gasteiger partial charge on any atom is 0.416 e. The Balaban J connectivity index is 3.23. The van der Waals surface area contributed by atoms with Gasteiger partial charge in [0.2, 0.25) is 0 Å². The Bertz CT molecular complexity index is 768. The summed E-state index contributed by atoms with van der Waals surface area (Å²) < 4.78 is 38.8. The third kappa shape index (κ3) is 4.72. The SMILES string of the molecule is C=C/C(=C\C)c1cc(NC(=O)C(=C)/C(=C\C)C(F)(F)F)c(C)cc1C. The Morgan fingerprint density at radius 3 is 2.16 bits per heavy atom. The van der Waals surface area contributed by atoms with E-state index in [1.54, 1.807) is 19.1 Å². The minimum Gasteiger partial charge on any atom is -0.322 e. The van der Waals surface area contributed by atoms with Crippen LogP contribution in [0.25, 0.3) is 5.57 Å².